The van der Waals surface area contributed by atoms with Crippen molar-refractivity contribution in [2.45, 2.75) is 49.6 Å². The summed E-state index contributed by atoms with van der Waals surface area (Å²) in [4.78, 5) is 39.4. The Hall–Kier alpha value is -1.58. The summed E-state index contributed by atoms with van der Waals surface area (Å²) in [6, 6.07) is -0.168. The number of amides is 2. The SMILES string of the molecule is CC(O)[C@H]1C(=O)N2C(C(=O)O)=C(S[C@@H]3CN[C@H](CC(=O)N(C)C)C3)C[C@H]12. The number of β-lactam (4-membered cyclic amide) rings is 1. The van der Waals surface area contributed by atoms with Gasteiger partial charge in [0, 0.05) is 49.7 Å². The number of thioether (sulfide) groups is 1. The molecule has 2 amide bonds. The van der Waals surface area contributed by atoms with E-state index in [1.165, 1.54) is 16.7 Å². The van der Waals surface area contributed by atoms with Gasteiger partial charge in [0.05, 0.1) is 18.1 Å². The fourth-order valence-corrected chi connectivity index (χ4v) is 5.43. The predicted octanol–water partition coefficient (Wildman–Crippen LogP) is -0.164. The monoisotopic (exact) mass is 383 g/mol. The van der Waals surface area contributed by atoms with Crippen molar-refractivity contribution in [3.63, 3.8) is 0 Å². The Balaban J connectivity index is 1.66. The quantitative estimate of drug-likeness (QED) is 0.547. The standard InChI is InChI=1S/C17H25N3O5S/c1-8(21)14-11-6-12(15(17(24)25)20(11)16(14)23)26-10-4-9(18-7-10)5-13(22)19(2)3/h8-11,14,18,21H,4-7H2,1-3H3,(H,24,25)/t8?,9-,10-,11+,14+/m0/s1. The van der Waals surface area contributed by atoms with Crippen molar-refractivity contribution in [2.75, 3.05) is 20.6 Å². The van der Waals surface area contributed by atoms with Crippen molar-refractivity contribution >= 4 is 29.5 Å². The van der Waals surface area contributed by atoms with Gasteiger partial charge in [-0.1, -0.05) is 0 Å². The van der Waals surface area contributed by atoms with Crippen LogP contribution in [-0.4, -0.2) is 81.9 Å². The molecule has 0 aliphatic carbocycles. The van der Waals surface area contributed by atoms with Crippen LogP contribution in [0.25, 0.3) is 0 Å². The fraction of sp³-hybridized carbons (Fsp3) is 0.706. The summed E-state index contributed by atoms with van der Waals surface area (Å²) < 4.78 is 0. The smallest absolute Gasteiger partial charge is 0.353 e. The highest BCUT2D eigenvalue weighted by atomic mass is 32.2. The van der Waals surface area contributed by atoms with E-state index in [9.17, 15) is 24.6 Å². The van der Waals surface area contributed by atoms with Gasteiger partial charge in [-0.3, -0.25) is 9.59 Å². The zero-order valence-corrected chi connectivity index (χ0v) is 16.0. The Kier molecular flexibility index (Phi) is 5.32. The first-order valence-corrected chi connectivity index (χ1v) is 9.66. The van der Waals surface area contributed by atoms with Crippen molar-refractivity contribution in [1.29, 1.82) is 0 Å². The van der Waals surface area contributed by atoms with Crippen LogP contribution in [0.5, 0.6) is 0 Å². The van der Waals surface area contributed by atoms with Crippen molar-refractivity contribution < 1.29 is 24.6 Å². The minimum Gasteiger partial charge on any atom is -0.477 e. The van der Waals surface area contributed by atoms with Gasteiger partial charge in [-0.2, -0.15) is 0 Å². The lowest BCUT2D eigenvalue weighted by Crippen LogP contribution is -2.61. The highest BCUT2D eigenvalue weighted by molar-refractivity contribution is 8.03. The van der Waals surface area contributed by atoms with Crippen molar-refractivity contribution in [3.05, 3.63) is 10.6 Å². The molecule has 2 fully saturated rings. The Labute approximate surface area is 156 Å². The zero-order chi connectivity index (χ0) is 19.2. The number of aliphatic carboxylic acids is 1. The first kappa shape index (κ1) is 19.2. The lowest BCUT2D eigenvalue weighted by Gasteiger charge is -2.44. The molecule has 9 heteroatoms. The normalized spacial score (nSPS) is 31.7. The van der Waals surface area contributed by atoms with Gasteiger partial charge in [0.1, 0.15) is 5.70 Å². The molecule has 2 saturated heterocycles. The number of hydrogen-bond acceptors (Lipinski definition) is 6. The molecule has 3 N–H and O–H groups in total. The van der Waals surface area contributed by atoms with E-state index in [2.05, 4.69) is 5.32 Å². The minimum atomic E-state index is -1.10. The van der Waals surface area contributed by atoms with Gasteiger partial charge in [-0.05, 0) is 13.3 Å². The molecule has 0 spiro atoms. The maximum atomic E-state index is 12.2. The Morgan fingerprint density at radius 3 is 2.69 bits per heavy atom. The van der Waals surface area contributed by atoms with Crippen LogP contribution in [0, 0.1) is 5.92 Å². The molecule has 1 unspecified atom stereocenters. The van der Waals surface area contributed by atoms with Crippen LogP contribution in [0.3, 0.4) is 0 Å². The second kappa shape index (κ2) is 7.21. The number of nitrogens with zero attached hydrogens (tertiary/aromatic N) is 2. The number of hydrogen-bond donors (Lipinski definition) is 3. The summed E-state index contributed by atoms with van der Waals surface area (Å²) in [5.41, 5.74) is 0.0646. The van der Waals surface area contributed by atoms with E-state index in [0.717, 1.165) is 6.42 Å². The van der Waals surface area contributed by atoms with Crippen LogP contribution in [0.2, 0.25) is 0 Å². The summed E-state index contributed by atoms with van der Waals surface area (Å²) in [5, 5.41) is 22.8. The molecule has 0 aromatic heterocycles. The molecule has 3 aliphatic rings. The molecule has 0 saturated carbocycles. The number of fused-ring (bicyclic) bond motifs is 1. The van der Waals surface area contributed by atoms with Crippen LogP contribution in [0.15, 0.2) is 10.6 Å². The van der Waals surface area contributed by atoms with Crippen molar-refractivity contribution in [2.24, 2.45) is 5.92 Å². The van der Waals surface area contributed by atoms with E-state index in [1.54, 1.807) is 25.9 Å². The van der Waals surface area contributed by atoms with E-state index >= 15 is 0 Å². The van der Waals surface area contributed by atoms with Gasteiger partial charge >= 0.3 is 5.97 Å². The van der Waals surface area contributed by atoms with Gasteiger partial charge in [0.15, 0.2) is 0 Å². The van der Waals surface area contributed by atoms with E-state index in [-0.39, 0.29) is 34.8 Å². The van der Waals surface area contributed by atoms with E-state index < -0.39 is 18.0 Å². The number of aliphatic hydroxyl groups is 1. The maximum absolute atomic E-state index is 12.2. The summed E-state index contributed by atoms with van der Waals surface area (Å²) in [7, 11) is 3.46. The summed E-state index contributed by atoms with van der Waals surface area (Å²) in [5.74, 6) is -1.86. The van der Waals surface area contributed by atoms with Crippen LogP contribution < -0.4 is 5.32 Å². The second-order valence-electron chi connectivity index (χ2n) is 7.40. The Morgan fingerprint density at radius 2 is 2.12 bits per heavy atom. The van der Waals surface area contributed by atoms with E-state index in [4.69, 9.17) is 0 Å². The Bertz CT molecular complexity index is 663. The van der Waals surface area contributed by atoms with Crippen LogP contribution in [-0.2, 0) is 14.4 Å². The Morgan fingerprint density at radius 1 is 1.42 bits per heavy atom. The van der Waals surface area contributed by atoms with Crippen LogP contribution >= 0.6 is 11.8 Å². The molecule has 0 radical (unpaired) electrons. The highest BCUT2D eigenvalue weighted by Crippen LogP contribution is 2.48. The number of rotatable bonds is 6. The van der Waals surface area contributed by atoms with Gasteiger partial charge in [0.2, 0.25) is 11.8 Å². The lowest BCUT2D eigenvalue weighted by molar-refractivity contribution is -0.161. The summed E-state index contributed by atoms with van der Waals surface area (Å²) in [6.45, 7) is 2.27. The van der Waals surface area contributed by atoms with Crippen LogP contribution in [0.1, 0.15) is 26.2 Å². The van der Waals surface area contributed by atoms with Crippen molar-refractivity contribution in [3.8, 4) is 0 Å². The largest absolute Gasteiger partial charge is 0.477 e. The molecule has 144 valence electrons. The fourth-order valence-electron chi connectivity index (χ4n) is 3.96. The van der Waals surface area contributed by atoms with Crippen LogP contribution in [0.4, 0.5) is 0 Å². The predicted molar refractivity (Wildman–Crippen MR) is 96.2 cm³/mol. The topological polar surface area (TPSA) is 110 Å². The zero-order valence-electron chi connectivity index (χ0n) is 15.1. The third-order valence-electron chi connectivity index (χ3n) is 5.30. The molecule has 3 heterocycles. The summed E-state index contributed by atoms with van der Waals surface area (Å²) >= 11 is 1.49. The molecule has 5 atom stereocenters. The molecule has 26 heavy (non-hydrogen) atoms. The molecule has 0 bridgehead atoms. The molecular weight excluding hydrogens is 358 g/mol. The molecule has 3 rings (SSSR count). The molecular formula is C17H25N3O5S. The number of carbonyl (C=O) groups is 3. The van der Waals surface area contributed by atoms with E-state index in [1.807, 2.05) is 0 Å². The average Bonchev–Trinajstić information content (AvgIpc) is 3.09. The highest BCUT2D eigenvalue weighted by Gasteiger charge is 2.57. The maximum Gasteiger partial charge on any atom is 0.353 e. The third-order valence-corrected chi connectivity index (χ3v) is 6.64. The number of carbonyl (C=O) groups excluding carboxylic acids is 2. The van der Waals surface area contributed by atoms with Gasteiger partial charge in [-0.15, -0.1) is 11.8 Å². The lowest BCUT2D eigenvalue weighted by atomic mass is 9.83. The molecule has 3 aliphatic heterocycles. The number of nitrogens with one attached hydrogen (secondary N) is 1. The number of aliphatic hydroxyl groups excluding tert-OH is 1. The van der Waals surface area contributed by atoms with Gasteiger partial charge in [0.25, 0.3) is 0 Å². The number of carboxylic acids is 1. The van der Waals surface area contributed by atoms with Gasteiger partial charge < -0.3 is 25.3 Å². The first-order valence-electron chi connectivity index (χ1n) is 8.78. The molecule has 0 aromatic carbocycles. The molecule has 8 nitrogen and oxygen atoms in total. The third kappa shape index (κ3) is 3.35. The minimum absolute atomic E-state index is 0.0639. The van der Waals surface area contributed by atoms with E-state index in [0.29, 0.717) is 24.3 Å². The van der Waals surface area contributed by atoms with Gasteiger partial charge in [-0.25, -0.2) is 4.79 Å². The van der Waals surface area contributed by atoms with Crippen molar-refractivity contribution in [1.82, 2.24) is 15.1 Å². The molecule has 0 aromatic rings. The summed E-state index contributed by atoms with van der Waals surface area (Å²) in [6.07, 6.45) is 0.897. The average molecular weight is 383 g/mol. The second-order valence-corrected chi connectivity index (χ2v) is 8.79. The number of carboxylic acid groups (broad SMARTS) is 1. The first-order chi connectivity index (χ1) is 12.2.